The minimum atomic E-state index is -0.732. The number of benzene rings is 2. The molecule has 8 heteroatoms. The molecule has 1 N–H and O–H groups in total. The highest BCUT2D eigenvalue weighted by atomic mass is 35.5. The van der Waals surface area contributed by atoms with Gasteiger partial charge < -0.3 is 10.1 Å². The summed E-state index contributed by atoms with van der Waals surface area (Å²) in [7, 11) is 1.21. The number of nitrogens with one attached hydrogen (secondary N) is 1. The van der Waals surface area contributed by atoms with Crippen molar-refractivity contribution in [3.8, 4) is 0 Å². The first-order valence-electron chi connectivity index (χ1n) is 6.36. The van der Waals surface area contributed by atoms with Crippen LogP contribution in [0.3, 0.4) is 0 Å². The van der Waals surface area contributed by atoms with Crippen molar-refractivity contribution >= 4 is 34.9 Å². The van der Waals surface area contributed by atoms with Crippen LogP contribution in [-0.4, -0.2) is 23.9 Å². The van der Waals surface area contributed by atoms with Gasteiger partial charge in [0.05, 0.1) is 23.3 Å². The number of carbonyl (C=O) groups excluding carboxylic acids is 2. The number of nitrogens with zero attached hydrogens (tertiary/aromatic N) is 1. The van der Waals surface area contributed by atoms with E-state index in [9.17, 15) is 19.7 Å². The van der Waals surface area contributed by atoms with Gasteiger partial charge >= 0.3 is 5.97 Å². The molecule has 0 bridgehead atoms. The number of hydrogen-bond donors (Lipinski definition) is 1. The van der Waals surface area contributed by atoms with Gasteiger partial charge in [-0.1, -0.05) is 23.7 Å². The maximum atomic E-state index is 12.3. The van der Waals surface area contributed by atoms with Gasteiger partial charge in [0.25, 0.3) is 11.6 Å². The summed E-state index contributed by atoms with van der Waals surface area (Å²) < 4.78 is 4.63. The molecule has 2 rings (SSSR count). The molecule has 0 fully saturated rings. The Balaban J connectivity index is 2.38. The van der Waals surface area contributed by atoms with Gasteiger partial charge in [-0.15, -0.1) is 0 Å². The second-order valence-electron chi connectivity index (χ2n) is 4.41. The molecule has 0 aliphatic heterocycles. The van der Waals surface area contributed by atoms with E-state index >= 15 is 0 Å². The van der Waals surface area contributed by atoms with Gasteiger partial charge in [0.15, 0.2) is 0 Å². The van der Waals surface area contributed by atoms with Crippen LogP contribution in [0.1, 0.15) is 20.7 Å². The van der Waals surface area contributed by atoms with Crippen molar-refractivity contribution in [1.29, 1.82) is 0 Å². The Labute approximate surface area is 136 Å². The largest absolute Gasteiger partial charge is 0.465 e. The van der Waals surface area contributed by atoms with E-state index < -0.39 is 22.5 Å². The number of nitro groups is 1. The molecule has 0 atom stereocenters. The van der Waals surface area contributed by atoms with Crippen LogP contribution in [0.5, 0.6) is 0 Å². The fourth-order valence-electron chi connectivity index (χ4n) is 1.92. The monoisotopic (exact) mass is 334 g/mol. The first kappa shape index (κ1) is 16.4. The predicted molar refractivity (Wildman–Crippen MR) is 83.8 cm³/mol. The van der Waals surface area contributed by atoms with E-state index in [0.717, 1.165) is 6.07 Å². The quantitative estimate of drug-likeness (QED) is 0.525. The number of nitro benzene ring substituents is 1. The van der Waals surface area contributed by atoms with E-state index in [0.29, 0.717) is 0 Å². The van der Waals surface area contributed by atoms with E-state index in [2.05, 4.69) is 10.1 Å². The summed E-state index contributed by atoms with van der Waals surface area (Å²) in [6.45, 7) is 0. The number of amides is 1. The van der Waals surface area contributed by atoms with Crippen LogP contribution < -0.4 is 5.32 Å². The Bertz CT molecular complexity index is 791. The number of methoxy groups -OCH3 is 1. The molecule has 0 aliphatic carbocycles. The molecule has 23 heavy (non-hydrogen) atoms. The molecule has 2 aromatic rings. The molecule has 7 nitrogen and oxygen atoms in total. The van der Waals surface area contributed by atoms with Crippen molar-refractivity contribution in [1.82, 2.24) is 0 Å². The molecule has 0 aromatic heterocycles. The minimum Gasteiger partial charge on any atom is -0.465 e. The molecular weight excluding hydrogens is 324 g/mol. The number of anilines is 1. The molecule has 0 saturated carbocycles. The van der Waals surface area contributed by atoms with Crippen molar-refractivity contribution in [3.05, 3.63) is 68.7 Å². The second kappa shape index (κ2) is 6.89. The maximum absolute atomic E-state index is 12.3. The van der Waals surface area contributed by atoms with Crippen molar-refractivity contribution in [2.45, 2.75) is 0 Å². The molecule has 0 spiro atoms. The van der Waals surface area contributed by atoms with Gasteiger partial charge in [0.1, 0.15) is 5.56 Å². The van der Waals surface area contributed by atoms with E-state index in [1.807, 2.05) is 0 Å². The van der Waals surface area contributed by atoms with Gasteiger partial charge in [0, 0.05) is 11.1 Å². The normalized spacial score (nSPS) is 10.0. The summed E-state index contributed by atoms with van der Waals surface area (Å²) in [4.78, 5) is 34.3. The third kappa shape index (κ3) is 3.64. The van der Waals surface area contributed by atoms with Crippen LogP contribution >= 0.6 is 11.6 Å². The molecule has 1 amide bonds. The lowest BCUT2D eigenvalue weighted by Gasteiger charge is -2.10. The number of rotatable bonds is 4. The zero-order valence-electron chi connectivity index (χ0n) is 11.9. The first-order valence-corrected chi connectivity index (χ1v) is 6.74. The third-order valence-corrected chi connectivity index (χ3v) is 3.22. The molecule has 118 valence electrons. The van der Waals surface area contributed by atoms with Crippen molar-refractivity contribution in [2.24, 2.45) is 0 Å². The number of carbonyl (C=O) groups is 2. The average Bonchev–Trinajstić information content (AvgIpc) is 2.54. The summed E-state index contributed by atoms with van der Waals surface area (Å²) in [6, 6.07) is 9.88. The Kier molecular flexibility index (Phi) is 4.92. The third-order valence-electron chi connectivity index (χ3n) is 2.98. The van der Waals surface area contributed by atoms with Gasteiger partial charge in [-0.25, -0.2) is 4.79 Å². The van der Waals surface area contributed by atoms with Crippen LogP contribution in [0.4, 0.5) is 11.4 Å². The molecule has 0 radical (unpaired) electrons. The number of esters is 1. The summed E-state index contributed by atoms with van der Waals surface area (Å²) in [5.41, 5.74) is -0.266. The predicted octanol–water partition coefficient (Wildman–Crippen LogP) is 3.29. The lowest BCUT2D eigenvalue weighted by atomic mass is 10.1. The van der Waals surface area contributed by atoms with Crippen LogP contribution in [0.25, 0.3) is 0 Å². The molecular formula is C15H11ClN2O5. The van der Waals surface area contributed by atoms with E-state index in [4.69, 9.17) is 11.6 Å². The van der Waals surface area contributed by atoms with Gasteiger partial charge in [0.2, 0.25) is 0 Å². The van der Waals surface area contributed by atoms with Crippen molar-refractivity contribution < 1.29 is 19.2 Å². The molecule has 0 saturated heterocycles. The first-order chi connectivity index (χ1) is 10.9. The van der Waals surface area contributed by atoms with Gasteiger partial charge in [-0.05, 0) is 24.3 Å². The second-order valence-corrected chi connectivity index (χ2v) is 4.85. The number of hydrogen-bond acceptors (Lipinski definition) is 5. The Hall–Kier alpha value is -2.93. The lowest BCUT2D eigenvalue weighted by molar-refractivity contribution is -0.385. The fourth-order valence-corrected chi connectivity index (χ4v) is 2.08. The average molecular weight is 335 g/mol. The van der Waals surface area contributed by atoms with Crippen LogP contribution in [-0.2, 0) is 4.74 Å². The Morgan fingerprint density at radius 1 is 1.17 bits per heavy atom. The van der Waals surface area contributed by atoms with Gasteiger partial charge in [-0.3, -0.25) is 14.9 Å². The molecule has 0 aliphatic rings. The van der Waals surface area contributed by atoms with E-state index in [-0.39, 0.29) is 21.8 Å². The van der Waals surface area contributed by atoms with Gasteiger partial charge in [-0.2, -0.15) is 0 Å². The summed E-state index contributed by atoms with van der Waals surface area (Å²) in [5.74, 6) is -1.36. The summed E-state index contributed by atoms with van der Waals surface area (Å²) in [5, 5.41) is 13.7. The van der Waals surface area contributed by atoms with Crippen LogP contribution in [0.2, 0.25) is 5.02 Å². The Morgan fingerprint density at radius 2 is 1.87 bits per heavy atom. The lowest BCUT2D eigenvalue weighted by Crippen LogP contribution is -2.16. The Morgan fingerprint density at radius 3 is 2.52 bits per heavy atom. The standard InChI is InChI=1S/C15H11ClN2O5/c1-23-15(20)10-4-2-3-5-12(10)17-14(19)11-7-6-9(16)8-13(11)18(21)22/h2-8H,1H3,(H,17,19). The fraction of sp³-hybridized carbons (Fsp3) is 0.0667. The highest BCUT2D eigenvalue weighted by molar-refractivity contribution is 6.31. The summed E-state index contributed by atoms with van der Waals surface area (Å²) in [6.07, 6.45) is 0. The minimum absolute atomic E-state index is 0.139. The zero-order chi connectivity index (χ0) is 17.0. The summed E-state index contributed by atoms with van der Waals surface area (Å²) >= 11 is 5.71. The highest BCUT2D eigenvalue weighted by Gasteiger charge is 2.22. The number of ether oxygens (including phenoxy) is 1. The molecule has 2 aromatic carbocycles. The van der Waals surface area contributed by atoms with Crippen LogP contribution in [0, 0.1) is 10.1 Å². The van der Waals surface area contributed by atoms with E-state index in [1.165, 1.54) is 31.4 Å². The molecule has 0 unspecified atom stereocenters. The van der Waals surface area contributed by atoms with E-state index in [1.54, 1.807) is 12.1 Å². The topological polar surface area (TPSA) is 98.5 Å². The highest BCUT2D eigenvalue weighted by Crippen LogP contribution is 2.25. The maximum Gasteiger partial charge on any atom is 0.339 e. The SMILES string of the molecule is COC(=O)c1ccccc1NC(=O)c1ccc(Cl)cc1[N+](=O)[O-]. The zero-order valence-corrected chi connectivity index (χ0v) is 12.7. The smallest absolute Gasteiger partial charge is 0.339 e. The van der Waals surface area contributed by atoms with Crippen molar-refractivity contribution in [2.75, 3.05) is 12.4 Å². The van der Waals surface area contributed by atoms with Crippen LogP contribution in [0.15, 0.2) is 42.5 Å². The number of halogens is 1. The molecule has 0 heterocycles. The van der Waals surface area contributed by atoms with Crippen molar-refractivity contribution in [3.63, 3.8) is 0 Å². The number of para-hydroxylation sites is 1.